The van der Waals surface area contributed by atoms with E-state index in [0.29, 0.717) is 13.1 Å². The van der Waals surface area contributed by atoms with Crippen molar-refractivity contribution in [2.45, 2.75) is 63.6 Å². The second-order valence-corrected chi connectivity index (χ2v) is 9.29. The third-order valence-corrected chi connectivity index (χ3v) is 7.11. The average Bonchev–Trinajstić information content (AvgIpc) is 3.19. The number of amides is 3. The third kappa shape index (κ3) is 5.28. The quantitative estimate of drug-likeness (QED) is 0.463. The number of rotatable bonds is 8. The van der Waals surface area contributed by atoms with Crippen LogP contribution in [0.2, 0.25) is 0 Å². The largest absolute Gasteiger partial charge is 0.394 e. The molecule has 3 amide bonds. The Morgan fingerprint density at radius 2 is 1.79 bits per heavy atom. The van der Waals surface area contributed by atoms with Crippen LogP contribution in [-0.4, -0.2) is 65.5 Å². The highest BCUT2D eigenvalue weighted by Crippen LogP contribution is 2.43. The summed E-state index contributed by atoms with van der Waals surface area (Å²) in [6.07, 6.45) is 6.86. The zero-order valence-corrected chi connectivity index (χ0v) is 19.7. The Morgan fingerprint density at radius 1 is 1.12 bits per heavy atom. The molecule has 1 aromatic rings. The van der Waals surface area contributed by atoms with Gasteiger partial charge in [-0.1, -0.05) is 56.7 Å². The van der Waals surface area contributed by atoms with Crippen LogP contribution in [-0.2, 0) is 19.8 Å². The van der Waals surface area contributed by atoms with Gasteiger partial charge in [-0.3, -0.25) is 14.4 Å². The SMILES string of the molecule is CC[C@H](C)[C@H](NC(=O)[C@H](C)NC(=O)[C@@H](N)CO)C(=O)N1CCC2(C=Cc3ccccc32)CC1. The van der Waals surface area contributed by atoms with E-state index in [-0.39, 0.29) is 17.2 Å². The molecule has 1 fully saturated rings. The van der Waals surface area contributed by atoms with Crippen LogP contribution in [0.25, 0.3) is 6.08 Å². The fraction of sp³-hybridized carbons (Fsp3) is 0.560. The highest BCUT2D eigenvalue weighted by molar-refractivity contribution is 5.93. The number of piperidine rings is 1. The Kier molecular flexibility index (Phi) is 7.92. The Labute approximate surface area is 195 Å². The van der Waals surface area contributed by atoms with Crippen LogP contribution in [0.5, 0.6) is 0 Å². The predicted octanol–water partition coefficient (Wildman–Crippen LogP) is 0.929. The summed E-state index contributed by atoms with van der Waals surface area (Å²) in [5, 5.41) is 14.3. The maximum atomic E-state index is 13.4. The second-order valence-electron chi connectivity index (χ2n) is 9.29. The number of nitrogens with one attached hydrogen (secondary N) is 2. The molecule has 8 nitrogen and oxygen atoms in total. The number of likely N-dealkylation sites (tertiary alicyclic amines) is 1. The average molecular weight is 457 g/mol. The van der Waals surface area contributed by atoms with E-state index in [0.717, 1.165) is 19.3 Å². The minimum absolute atomic E-state index is 0.0211. The van der Waals surface area contributed by atoms with Gasteiger partial charge in [0.2, 0.25) is 17.7 Å². The molecule has 1 heterocycles. The lowest BCUT2D eigenvalue weighted by atomic mass is 9.74. The summed E-state index contributed by atoms with van der Waals surface area (Å²) < 4.78 is 0. The van der Waals surface area contributed by atoms with Crippen molar-refractivity contribution in [1.29, 1.82) is 0 Å². The first-order valence-corrected chi connectivity index (χ1v) is 11.8. The van der Waals surface area contributed by atoms with Gasteiger partial charge in [0.25, 0.3) is 0 Å². The molecule has 1 aliphatic heterocycles. The first kappa shape index (κ1) is 24.9. The predicted molar refractivity (Wildman–Crippen MR) is 127 cm³/mol. The van der Waals surface area contributed by atoms with Gasteiger partial charge in [-0.2, -0.15) is 0 Å². The van der Waals surface area contributed by atoms with Gasteiger partial charge in [0.1, 0.15) is 18.1 Å². The lowest BCUT2D eigenvalue weighted by Gasteiger charge is -2.41. The lowest BCUT2D eigenvalue weighted by molar-refractivity contribution is -0.139. The van der Waals surface area contributed by atoms with E-state index in [1.54, 1.807) is 0 Å². The number of carbonyl (C=O) groups is 3. The fourth-order valence-electron chi connectivity index (χ4n) is 4.62. The van der Waals surface area contributed by atoms with Crippen LogP contribution in [0.15, 0.2) is 30.3 Å². The van der Waals surface area contributed by atoms with Crippen LogP contribution in [0.4, 0.5) is 0 Å². The molecule has 8 heteroatoms. The van der Waals surface area contributed by atoms with Gasteiger partial charge in [0.15, 0.2) is 0 Å². The molecule has 0 bridgehead atoms. The first-order chi connectivity index (χ1) is 15.7. The maximum Gasteiger partial charge on any atom is 0.245 e. The van der Waals surface area contributed by atoms with Crippen molar-refractivity contribution >= 4 is 23.8 Å². The number of allylic oxidation sites excluding steroid dienone is 1. The lowest BCUT2D eigenvalue weighted by Crippen LogP contribution is -2.58. The molecule has 1 aromatic carbocycles. The number of benzene rings is 1. The molecular formula is C25H36N4O4. The molecule has 1 aliphatic carbocycles. The topological polar surface area (TPSA) is 125 Å². The van der Waals surface area contributed by atoms with Crippen LogP contribution in [0, 0.1) is 5.92 Å². The molecule has 1 spiro atoms. The Hall–Kier alpha value is -2.71. The molecule has 5 N–H and O–H groups in total. The molecule has 4 atom stereocenters. The number of aliphatic hydroxyl groups is 1. The van der Waals surface area contributed by atoms with Crippen LogP contribution < -0.4 is 16.4 Å². The van der Waals surface area contributed by atoms with Crippen molar-refractivity contribution in [3.05, 3.63) is 41.5 Å². The van der Waals surface area contributed by atoms with E-state index < -0.39 is 36.5 Å². The van der Waals surface area contributed by atoms with E-state index in [1.165, 1.54) is 18.1 Å². The summed E-state index contributed by atoms with van der Waals surface area (Å²) in [5.74, 6) is -1.22. The Bertz CT molecular complexity index is 907. The second kappa shape index (κ2) is 10.5. The molecular weight excluding hydrogens is 420 g/mol. The summed E-state index contributed by atoms with van der Waals surface area (Å²) in [6, 6.07) is 5.76. The molecule has 0 unspecified atom stereocenters. The van der Waals surface area contributed by atoms with Gasteiger partial charge in [0, 0.05) is 18.5 Å². The number of nitrogens with zero attached hydrogens (tertiary/aromatic N) is 1. The monoisotopic (exact) mass is 456 g/mol. The van der Waals surface area contributed by atoms with Crippen LogP contribution >= 0.6 is 0 Å². The highest BCUT2D eigenvalue weighted by atomic mass is 16.3. The van der Waals surface area contributed by atoms with Gasteiger partial charge >= 0.3 is 0 Å². The van der Waals surface area contributed by atoms with E-state index >= 15 is 0 Å². The van der Waals surface area contributed by atoms with Gasteiger partial charge in [0.05, 0.1) is 6.61 Å². The highest BCUT2D eigenvalue weighted by Gasteiger charge is 2.41. The van der Waals surface area contributed by atoms with Gasteiger partial charge in [-0.05, 0) is 36.8 Å². The van der Waals surface area contributed by atoms with Crippen LogP contribution in [0.3, 0.4) is 0 Å². The zero-order chi connectivity index (χ0) is 24.2. The number of fused-ring (bicyclic) bond motifs is 2. The van der Waals surface area contributed by atoms with Gasteiger partial charge in [-0.15, -0.1) is 0 Å². The molecule has 0 saturated carbocycles. The standard InChI is InChI=1S/C25H36N4O4/c1-4-16(2)21(28-22(31)17(3)27-23(32)20(26)15-30)24(33)29-13-11-25(12-14-29)10-9-18-7-5-6-8-19(18)25/h5-10,16-17,20-21,30H,4,11-15,26H2,1-3H3,(H,27,32)(H,28,31)/t16-,17-,20-,21-/m0/s1. The van der Waals surface area contributed by atoms with Gasteiger partial charge in [-0.25, -0.2) is 0 Å². The van der Waals surface area contributed by atoms with E-state index in [2.05, 4.69) is 41.0 Å². The number of hydrogen-bond acceptors (Lipinski definition) is 5. The summed E-state index contributed by atoms with van der Waals surface area (Å²) in [5.41, 5.74) is 8.06. The maximum absolute atomic E-state index is 13.4. The minimum Gasteiger partial charge on any atom is -0.394 e. The summed E-state index contributed by atoms with van der Waals surface area (Å²) in [7, 11) is 0. The summed E-state index contributed by atoms with van der Waals surface area (Å²) in [6.45, 7) is 6.19. The molecule has 33 heavy (non-hydrogen) atoms. The normalized spacial score (nSPS) is 20.0. The first-order valence-electron chi connectivity index (χ1n) is 11.8. The van der Waals surface area contributed by atoms with Crippen LogP contribution in [0.1, 0.15) is 51.2 Å². The number of aliphatic hydroxyl groups excluding tert-OH is 1. The molecule has 2 aliphatic rings. The van der Waals surface area contributed by atoms with Crippen molar-refractivity contribution in [1.82, 2.24) is 15.5 Å². The van der Waals surface area contributed by atoms with E-state index in [1.807, 2.05) is 24.8 Å². The Balaban J connectivity index is 1.64. The molecule has 0 radical (unpaired) electrons. The number of nitrogens with two attached hydrogens (primary N) is 1. The van der Waals surface area contributed by atoms with Crippen molar-refractivity contribution < 1.29 is 19.5 Å². The molecule has 1 saturated heterocycles. The summed E-state index contributed by atoms with van der Waals surface area (Å²) >= 11 is 0. The summed E-state index contributed by atoms with van der Waals surface area (Å²) in [4.78, 5) is 39.9. The minimum atomic E-state index is -1.09. The Morgan fingerprint density at radius 3 is 2.42 bits per heavy atom. The van der Waals surface area contributed by atoms with Crippen molar-refractivity contribution in [3.63, 3.8) is 0 Å². The zero-order valence-electron chi connectivity index (χ0n) is 19.7. The van der Waals surface area contributed by atoms with Crippen molar-refractivity contribution in [2.75, 3.05) is 19.7 Å². The van der Waals surface area contributed by atoms with E-state index in [9.17, 15) is 14.4 Å². The third-order valence-electron chi connectivity index (χ3n) is 7.11. The van der Waals surface area contributed by atoms with E-state index in [4.69, 9.17) is 10.8 Å². The fourth-order valence-corrected chi connectivity index (χ4v) is 4.62. The van der Waals surface area contributed by atoms with Gasteiger partial charge < -0.3 is 26.4 Å². The molecule has 180 valence electrons. The van der Waals surface area contributed by atoms with Crippen molar-refractivity contribution in [2.24, 2.45) is 11.7 Å². The molecule has 0 aromatic heterocycles. The number of carbonyl (C=O) groups excluding carboxylic acids is 3. The molecule has 3 rings (SSSR count). The number of hydrogen-bond donors (Lipinski definition) is 4. The smallest absolute Gasteiger partial charge is 0.245 e. The van der Waals surface area contributed by atoms with Crippen molar-refractivity contribution in [3.8, 4) is 0 Å².